The standard InChI is InChI=1S/C9H8N2O.2ClH/c12-9-6-7-11(10-9)8-4-2-1-3-5-8;;/h1-7H,(H,10,12);2*1H. The molecule has 14 heavy (non-hydrogen) atoms. The Kier molecular flexibility index (Phi) is 5.05. The second-order valence-electron chi connectivity index (χ2n) is 2.50. The van der Waals surface area contributed by atoms with Crippen LogP contribution in [0.5, 0.6) is 0 Å². The van der Waals surface area contributed by atoms with Crippen molar-refractivity contribution in [2.75, 3.05) is 0 Å². The fourth-order valence-electron chi connectivity index (χ4n) is 1.07. The lowest BCUT2D eigenvalue weighted by Crippen LogP contribution is -2.02. The molecular weight excluding hydrogens is 223 g/mol. The SMILES string of the molecule is Cl.Cl.O=c1ccn(-c2ccccc2)[nH]1. The Bertz CT molecular complexity index is 422. The molecule has 3 nitrogen and oxygen atoms in total. The van der Waals surface area contributed by atoms with Crippen LogP contribution < -0.4 is 5.56 Å². The van der Waals surface area contributed by atoms with Crippen molar-refractivity contribution >= 4 is 24.8 Å². The van der Waals surface area contributed by atoms with E-state index in [-0.39, 0.29) is 30.4 Å². The molecule has 0 fully saturated rings. The molecule has 2 aromatic rings. The average Bonchev–Trinajstić information content (AvgIpc) is 2.54. The van der Waals surface area contributed by atoms with Crippen molar-refractivity contribution in [1.82, 2.24) is 9.78 Å². The molecule has 0 atom stereocenters. The number of para-hydroxylation sites is 1. The molecule has 1 aromatic heterocycles. The topological polar surface area (TPSA) is 37.8 Å². The van der Waals surface area contributed by atoms with E-state index in [0.29, 0.717) is 0 Å². The van der Waals surface area contributed by atoms with Crippen molar-refractivity contribution in [3.05, 3.63) is 52.9 Å². The zero-order valence-corrected chi connectivity index (χ0v) is 8.85. The molecule has 2 rings (SSSR count). The summed E-state index contributed by atoms with van der Waals surface area (Å²) in [4.78, 5) is 10.8. The van der Waals surface area contributed by atoms with E-state index in [9.17, 15) is 4.79 Å². The molecule has 76 valence electrons. The van der Waals surface area contributed by atoms with Crippen LogP contribution in [0.2, 0.25) is 0 Å². The van der Waals surface area contributed by atoms with Crippen molar-refractivity contribution in [2.24, 2.45) is 0 Å². The minimum atomic E-state index is -0.0844. The lowest BCUT2D eigenvalue weighted by atomic mass is 10.3. The number of halogens is 2. The minimum Gasteiger partial charge on any atom is -0.268 e. The largest absolute Gasteiger partial charge is 0.268 e. The van der Waals surface area contributed by atoms with Crippen LogP contribution in [0, 0.1) is 0 Å². The van der Waals surface area contributed by atoms with Crippen LogP contribution in [0.1, 0.15) is 0 Å². The first-order valence-corrected chi connectivity index (χ1v) is 3.69. The van der Waals surface area contributed by atoms with E-state index in [2.05, 4.69) is 5.10 Å². The Labute approximate surface area is 93.6 Å². The summed E-state index contributed by atoms with van der Waals surface area (Å²) in [6.07, 6.45) is 1.71. The molecule has 0 saturated heterocycles. The van der Waals surface area contributed by atoms with Gasteiger partial charge in [0.1, 0.15) is 0 Å². The summed E-state index contributed by atoms with van der Waals surface area (Å²) >= 11 is 0. The molecule has 1 N–H and O–H groups in total. The van der Waals surface area contributed by atoms with Gasteiger partial charge in [0.15, 0.2) is 0 Å². The third-order valence-corrected chi connectivity index (χ3v) is 1.64. The van der Waals surface area contributed by atoms with Gasteiger partial charge in [0, 0.05) is 12.3 Å². The number of aromatic amines is 1. The zero-order valence-electron chi connectivity index (χ0n) is 7.21. The Morgan fingerprint density at radius 2 is 1.64 bits per heavy atom. The summed E-state index contributed by atoms with van der Waals surface area (Å²) in [5, 5.41) is 2.65. The third-order valence-electron chi connectivity index (χ3n) is 1.64. The monoisotopic (exact) mass is 232 g/mol. The van der Waals surface area contributed by atoms with Gasteiger partial charge >= 0.3 is 0 Å². The number of benzene rings is 1. The number of aromatic nitrogens is 2. The highest BCUT2D eigenvalue weighted by atomic mass is 35.5. The average molecular weight is 233 g/mol. The Morgan fingerprint density at radius 3 is 2.14 bits per heavy atom. The molecule has 5 heteroatoms. The van der Waals surface area contributed by atoms with Gasteiger partial charge in [-0.1, -0.05) is 18.2 Å². The van der Waals surface area contributed by atoms with E-state index in [1.54, 1.807) is 10.9 Å². The van der Waals surface area contributed by atoms with Gasteiger partial charge in [-0.25, -0.2) is 0 Å². The van der Waals surface area contributed by atoms with Gasteiger partial charge in [0.05, 0.1) is 5.69 Å². The summed E-state index contributed by atoms with van der Waals surface area (Å²) in [6, 6.07) is 11.1. The smallest absolute Gasteiger partial charge is 0.264 e. The van der Waals surface area contributed by atoms with Crippen LogP contribution in [-0.4, -0.2) is 9.78 Å². The maximum atomic E-state index is 10.8. The number of H-pyrrole nitrogens is 1. The first-order valence-electron chi connectivity index (χ1n) is 3.69. The zero-order chi connectivity index (χ0) is 8.39. The van der Waals surface area contributed by atoms with Crippen LogP contribution in [0.15, 0.2) is 47.4 Å². The maximum Gasteiger partial charge on any atom is 0.264 e. The van der Waals surface area contributed by atoms with Crippen LogP contribution in [0.25, 0.3) is 5.69 Å². The van der Waals surface area contributed by atoms with Gasteiger partial charge in [-0.05, 0) is 12.1 Å². The van der Waals surface area contributed by atoms with E-state index in [4.69, 9.17) is 0 Å². The Morgan fingerprint density at radius 1 is 1.00 bits per heavy atom. The van der Waals surface area contributed by atoms with E-state index in [0.717, 1.165) is 5.69 Å². The predicted molar refractivity (Wildman–Crippen MR) is 60.9 cm³/mol. The molecular formula is C9H10Cl2N2O. The van der Waals surface area contributed by atoms with E-state index >= 15 is 0 Å². The maximum absolute atomic E-state index is 10.8. The molecule has 0 radical (unpaired) electrons. The van der Waals surface area contributed by atoms with Gasteiger partial charge in [-0.3, -0.25) is 14.6 Å². The molecule has 0 bridgehead atoms. The van der Waals surface area contributed by atoms with E-state index < -0.39 is 0 Å². The molecule has 0 saturated carbocycles. The summed E-state index contributed by atoms with van der Waals surface area (Å²) < 4.78 is 1.68. The van der Waals surface area contributed by atoms with Gasteiger partial charge in [-0.2, -0.15) is 0 Å². The predicted octanol–water partition coefficient (Wildman–Crippen LogP) is 2.01. The molecule has 0 amide bonds. The highest BCUT2D eigenvalue weighted by Gasteiger charge is 1.92. The van der Waals surface area contributed by atoms with Crippen LogP contribution in [0.4, 0.5) is 0 Å². The lowest BCUT2D eigenvalue weighted by molar-refractivity contribution is 0.864. The second-order valence-corrected chi connectivity index (χ2v) is 2.50. The number of rotatable bonds is 1. The number of hydrogen-bond donors (Lipinski definition) is 1. The molecule has 0 unspecified atom stereocenters. The Hall–Kier alpha value is -1.19. The third kappa shape index (κ3) is 2.65. The highest BCUT2D eigenvalue weighted by Crippen LogP contribution is 2.01. The molecule has 0 aliphatic carbocycles. The second kappa shape index (κ2) is 5.52. The van der Waals surface area contributed by atoms with Crippen molar-refractivity contribution < 1.29 is 0 Å². The summed E-state index contributed by atoms with van der Waals surface area (Å²) in [5.74, 6) is 0. The van der Waals surface area contributed by atoms with Gasteiger partial charge < -0.3 is 0 Å². The first kappa shape index (κ1) is 12.8. The van der Waals surface area contributed by atoms with Gasteiger partial charge in [0.25, 0.3) is 5.56 Å². The summed E-state index contributed by atoms with van der Waals surface area (Å²) in [5.41, 5.74) is 0.874. The normalized spacial score (nSPS) is 8.57. The highest BCUT2D eigenvalue weighted by molar-refractivity contribution is 5.85. The number of nitrogens with zero attached hydrogens (tertiary/aromatic N) is 1. The van der Waals surface area contributed by atoms with Crippen LogP contribution >= 0.6 is 24.8 Å². The minimum absolute atomic E-state index is 0. The molecule has 0 aliphatic rings. The lowest BCUT2D eigenvalue weighted by Gasteiger charge is -1.99. The summed E-state index contributed by atoms with van der Waals surface area (Å²) in [7, 11) is 0. The number of hydrogen-bond acceptors (Lipinski definition) is 1. The van der Waals surface area contributed by atoms with Gasteiger partial charge in [-0.15, -0.1) is 24.8 Å². The fourth-order valence-corrected chi connectivity index (χ4v) is 1.07. The molecule has 1 heterocycles. The summed E-state index contributed by atoms with van der Waals surface area (Å²) in [6.45, 7) is 0. The fraction of sp³-hybridized carbons (Fsp3) is 0. The Balaban J connectivity index is 0.000000845. The molecule has 1 aromatic carbocycles. The number of nitrogens with one attached hydrogen (secondary N) is 1. The van der Waals surface area contributed by atoms with Crippen molar-refractivity contribution in [1.29, 1.82) is 0 Å². The van der Waals surface area contributed by atoms with Crippen molar-refractivity contribution in [2.45, 2.75) is 0 Å². The first-order chi connectivity index (χ1) is 5.86. The molecule has 0 aliphatic heterocycles. The molecule has 0 spiro atoms. The van der Waals surface area contributed by atoms with Crippen molar-refractivity contribution in [3.63, 3.8) is 0 Å². The van der Waals surface area contributed by atoms with Gasteiger partial charge in [0.2, 0.25) is 0 Å². The van der Waals surface area contributed by atoms with Crippen LogP contribution in [-0.2, 0) is 0 Å². The van der Waals surface area contributed by atoms with Crippen LogP contribution in [0.3, 0.4) is 0 Å². The van der Waals surface area contributed by atoms with Crippen molar-refractivity contribution in [3.8, 4) is 5.69 Å². The quantitative estimate of drug-likeness (QED) is 0.803. The van der Waals surface area contributed by atoms with E-state index in [1.165, 1.54) is 6.07 Å². The van der Waals surface area contributed by atoms with E-state index in [1.807, 2.05) is 30.3 Å².